The van der Waals surface area contributed by atoms with Gasteiger partial charge in [-0.3, -0.25) is 4.79 Å². The van der Waals surface area contributed by atoms with Gasteiger partial charge in [-0.25, -0.2) is 0 Å². The number of aliphatic carboxylic acids is 1. The van der Waals surface area contributed by atoms with Crippen LogP contribution in [0.15, 0.2) is 0 Å². The van der Waals surface area contributed by atoms with E-state index in [0.717, 1.165) is 0 Å². The Balaban J connectivity index is 1.93. The third-order valence-electron chi connectivity index (χ3n) is 3.22. The largest absolute Gasteiger partial charge is 0.480 e. The van der Waals surface area contributed by atoms with Crippen molar-refractivity contribution in [3.05, 3.63) is 0 Å². The zero-order valence-electron chi connectivity index (χ0n) is 8.10. The Morgan fingerprint density at radius 2 is 1.67 bits per heavy atom. The van der Waals surface area contributed by atoms with Gasteiger partial charge < -0.3 is 24.1 Å². The average molecular weight is 216 g/mol. The zero-order chi connectivity index (χ0) is 10.5. The van der Waals surface area contributed by atoms with Gasteiger partial charge in [-0.2, -0.15) is 0 Å². The average Bonchev–Trinajstić information content (AvgIpc) is 2.17. The molecule has 4 rings (SSSR count). The van der Waals surface area contributed by atoms with Gasteiger partial charge in [0.25, 0.3) is 0 Å². The highest BCUT2D eigenvalue weighted by Crippen LogP contribution is 2.48. The highest BCUT2D eigenvalue weighted by atomic mass is 16.9. The molecule has 6 heteroatoms. The lowest BCUT2D eigenvalue weighted by Gasteiger charge is -2.55. The van der Waals surface area contributed by atoms with Crippen LogP contribution in [-0.4, -0.2) is 50.1 Å². The third-order valence-corrected chi connectivity index (χ3v) is 3.22. The van der Waals surface area contributed by atoms with E-state index in [1.807, 2.05) is 0 Å². The Bertz CT molecular complexity index is 275. The van der Waals surface area contributed by atoms with E-state index in [1.165, 1.54) is 0 Å². The van der Waals surface area contributed by atoms with Crippen molar-refractivity contribution in [1.82, 2.24) is 0 Å². The number of hydrogen-bond acceptors (Lipinski definition) is 5. The molecule has 84 valence electrons. The summed E-state index contributed by atoms with van der Waals surface area (Å²) in [5.41, 5.74) is -1.20. The fourth-order valence-corrected chi connectivity index (χ4v) is 2.10. The van der Waals surface area contributed by atoms with Crippen LogP contribution in [0.2, 0.25) is 0 Å². The molecule has 1 N–H and O–H groups in total. The summed E-state index contributed by atoms with van der Waals surface area (Å²) in [4.78, 5) is 11.3. The van der Waals surface area contributed by atoms with Gasteiger partial charge in [0.15, 0.2) is 5.41 Å². The Labute approximate surface area is 86.1 Å². The van der Waals surface area contributed by atoms with E-state index < -0.39 is 17.4 Å². The molecule has 2 bridgehead atoms. The maximum Gasteiger partial charge on any atom is 0.322 e. The molecule has 15 heavy (non-hydrogen) atoms. The van der Waals surface area contributed by atoms with Crippen molar-refractivity contribution < 1.29 is 28.8 Å². The predicted molar refractivity (Wildman–Crippen MR) is 45.0 cm³/mol. The van der Waals surface area contributed by atoms with Crippen molar-refractivity contribution in [2.24, 2.45) is 11.3 Å². The van der Waals surface area contributed by atoms with Crippen LogP contribution >= 0.6 is 0 Å². The number of rotatable bonds is 2. The fourth-order valence-electron chi connectivity index (χ4n) is 2.10. The summed E-state index contributed by atoms with van der Waals surface area (Å²) in [6.45, 7) is 1.64. The quantitative estimate of drug-likeness (QED) is 0.666. The van der Waals surface area contributed by atoms with Crippen molar-refractivity contribution in [3.8, 4) is 0 Å². The normalized spacial score (nSPS) is 42.3. The van der Waals surface area contributed by atoms with E-state index in [0.29, 0.717) is 19.8 Å². The molecule has 0 aliphatic carbocycles. The van der Waals surface area contributed by atoms with Crippen LogP contribution in [0.25, 0.3) is 0 Å². The standard InChI is InChI=1S/C9H12O6/c10-7(11)8(4-12-5-8)9-13-1-6(2-14-9)3-15-9/h6H,1-5H2,(H,10,11). The molecular weight excluding hydrogens is 204 g/mol. The molecule has 0 aromatic heterocycles. The van der Waals surface area contributed by atoms with Gasteiger partial charge in [-0.15, -0.1) is 0 Å². The molecule has 4 heterocycles. The van der Waals surface area contributed by atoms with Crippen molar-refractivity contribution in [2.45, 2.75) is 5.97 Å². The summed E-state index contributed by atoms with van der Waals surface area (Å²) >= 11 is 0. The molecule has 0 aromatic rings. The number of carboxylic acid groups (broad SMARTS) is 1. The van der Waals surface area contributed by atoms with E-state index in [-0.39, 0.29) is 19.1 Å². The molecule has 4 fully saturated rings. The Morgan fingerprint density at radius 3 is 2.00 bits per heavy atom. The zero-order valence-corrected chi connectivity index (χ0v) is 8.10. The number of fused-ring (bicyclic) bond motifs is 3. The first-order chi connectivity index (χ1) is 7.19. The molecule has 4 saturated heterocycles. The summed E-state index contributed by atoms with van der Waals surface area (Å²) in [5, 5.41) is 9.23. The summed E-state index contributed by atoms with van der Waals surface area (Å²) in [6.07, 6.45) is 0. The van der Waals surface area contributed by atoms with Crippen LogP contribution in [0, 0.1) is 11.3 Å². The topological polar surface area (TPSA) is 74.2 Å². The first-order valence-corrected chi connectivity index (χ1v) is 4.92. The minimum Gasteiger partial charge on any atom is -0.480 e. The van der Waals surface area contributed by atoms with Crippen LogP contribution in [0.1, 0.15) is 0 Å². The van der Waals surface area contributed by atoms with Gasteiger partial charge in [0.1, 0.15) is 0 Å². The second kappa shape index (κ2) is 2.91. The van der Waals surface area contributed by atoms with Crippen molar-refractivity contribution in [1.29, 1.82) is 0 Å². The number of carboxylic acids is 1. The fraction of sp³-hybridized carbons (Fsp3) is 0.889. The predicted octanol–water partition coefficient (Wildman–Crippen LogP) is -0.565. The Hall–Kier alpha value is -0.690. The second-order valence-corrected chi connectivity index (χ2v) is 4.24. The van der Waals surface area contributed by atoms with Gasteiger partial charge in [0, 0.05) is 5.92 Å². The SMILES string of the molecule is O=C(O)C1(C23OCC(CO2)CO3)COC1. The first-order valence-electron chi connectivity index (χ1n) is 4.92. The van der Waals surface area contributed by atoms with Crippen LogP contribution < -0.4 is 0 Å². The molecule has 0 atom stereocenters. The minimum atomic E-state index is -1.42. The van der Waals surface area contributed by atoms with Gasteiger partial charge in [0.2, 0.25) is 0 Å². The summed E-state index contributed by atoms with van der Waals surface area (Å²) in [6, 6.07) is 0. The highest BCUT2D eigenvalue weighted by Gasteiger charge is 2.69. The molecule has 0 saturated carbocycles. The lowest BCUT2D eigenvalue weighted by Crippen LogP contribution is -2.72. The molecule has 4 aliphatic rings. The van der Waals surface area contributed by atoms with Gasteiger partial charge in [-0.1, -0.05) is 0 Å². The smallest absolute Gasteiger partial charge is 0.322 e. The lowest BCUT2D eigenvalue weighted by atomic mass is 9.81. The van der Waals surface area contributed by atoms with Crippen LogP contribution in [-0.2, 0) is 23.7 Å². The second-order valence-electron chi connectivity index (χ2n) is 4.24. The molecule has 0 amide bonds. The number of hydrogen-bond donors (Lipinski definition) is 1. The summed E-state index contributed by atoms with van der Waals surface area (Å²) in [7, 11) is 0. The van der Waals surface area contributed by atoms with Crippen molar-refractivity contribution >= 4 is 5.97 Å². The first kappa shape index (κ1) is 9.53. The molecule has 0 unspecified atom stereocenters. The van der Waals surface area contributed by atoms with Crippen LogP contribution in [0.5, 0.6) is 0 Å². The monoisotopic (exact) mass is 216 g/mol. The van der Waals surface area contributed by atoms with Crippen molar-refractivity contribution in [3.63, 3.8) is 0 Å². The van der Waals surface area contributed by atoms with Crippen molar-refractivity contribution in [2.75, 3.05) is 33.0 Å². The maximum atomic E-state index is 11.3. The molecule has 4 aliphatic heterocycles. The Kier molecular flexibility index (Phi) is 1.85. The number of ether oxygens (including phenoxy) is 4. The third kappa shape index (κ3) is 1.05. The molecule has 6 nitrogen and oxygen atoms in total. The molecule has 0 aromatic carbocycles. The molecular formula is C9H12O6. The highest BCUT2D eigenvalue weighted by molar-refractivity contribution is 5.77. The van der Waals surface area contributed by atoms with Crippen LogP contribution in [0.4, 0.5) is 0 Å². The van der Waals surface area contributed by atoms with Crippen LogP contribution in [0.3, 0.4) is 0 Å². The van der Waals surface area contributed by atoms with E-state index in [9.17, 15) is 9.90 Å². The maximum absolute atomic E-state index is 11.3. The molecule has 0 spiro atoms. The minimum absolute atomic E-state index is 0.0764. The lowest BCUT2D eigenvalue weighted by molar-refractivity contribution is -0.500. The van der Waals surface area contributed by atoms with Gasteiger partial charge in [-0.05, 0) is 0 Å². The summed E-state index contributed by atoms with van der Waals surface area (Å²) < 4.78 is 21.3. The Morgan fingerprint density at radius 1 is 1.13 bits per heavy atom. The van der Waals surface area contributed by atoms with E-state index >= 15 is 0 Å². The molecule has 0 radical (unpaired) electrons. The van der Waals surface area contributed by atoms with Gasteiger partial charge >= 0.3 is 11.9 Å². The van der Waals surface area contributed by atoms with Gasteiger partial charge in [0.05, 0.1) is 33.0 Å². The van der Waals surface area contributed by atoms with E-state index in [1.54, 1.807) is 0 Å². The number of carbonyl (C=O) groups is 1. The van der Waals surface area contributed by atoms with E-state index in [2.05, 4.69) is 0 Å². The van der Waals surface area contributed by atoms with E-state index in [4.69, 9.17) is 18.9 Å². The summed E-state index contributed by atoms with van der Waals surface area (Å²) in [5.74, 6) is -2.20.